The van der Waals surface area contributed by atoms with Crippen LogP contribution in [0.3, 0.4) is 0 Å². The zero-order valence-corrected chi connectivity index (χ0v) is 18.7. The summed E-state index contributed by atoms with van der Waals surface area (Å²) in [6.45, 7) is 2.24. The number of primary amides is 1. The van der Waals surface area contributed by atoms with Gasteiger partial charge in [-0.25, -0.2) is 4.98 Å². The molecule has 0 saturated carbocycles. The maximum Gasteiger partial charge on any atom is 0.257 e. The number of para-hydroxylation sites is 1. The van der Waals surface area contributed by atoms with Gasteiger partial charge in [-0.05, 0) is 42.8 Å². The summed E-state index contributed by atoms with van der Waals surface area (Å²) in [6.07, 6.45) is 1.74. The van der Waals surface area contributed by atoms with E-state index in [2.05, 4.69) is 12.2 Å². The Morgan fingerprint density at radius 3 is 2.70 bits per heavy atom. The molecule has 2 aromatic heterocycles. The first-order chi connectivity index (χ1) is 16.0. The lowest BCUT2D eigenvalue weighted by Gasteiger charge is -2.11. The number of rotatable bonds is 6. The number of benzene rings is 2. The first-order valence-corrected chi connectivity index (χ1v) is 11.4. The van der Waals surface area contributed by atoms with Gasteiger partial charge in [0.1, 0.15) is 5.00 Å². The van der Waals surface area contributed by atoms with Crippen LogP contribution in [0.4, 0.5) is 5.00 Å². The molecule has 2 amide bonds. The summed E-state index contributed by atoms with van der Waals surface area (Å²) in [4.78, 5) is 31.1. The van der Waals surface area contributed by atoms with Crippen molar-refractivity contribution in [3.05, 3.63) is 70.6 Å². The molecule has 4 aromatic rings. The van der Waals surface area contributed by atoms with E-state index in [0.717, 1.165) is 23.3 Å². The Labute approximate surface area is 194 Å². The van der Waals surface area contributed by atoms with Crippen LogP contribution in [0.2, 0.25) is 0 Å². The van der Waals surface area contributed by atoms with Crippen LogP contribution >= 0.6 is 11.3 Å². The molecule has 1 aliphatic rings. The lowest BCUT2D eigenvalue weighted by molar-refractivity contribution is 0.100. The SMILES string of the molecule is CCCc1cc(C(N)=O)c(NC(=O)c2cc(-c3ccc4c(c3)OCO4)nc3ccccc23)s1. The number of thiophene rings is 1. The summed E-state index contributed by atoms with van der Waals surface area (Å²) in [5.41, 5.74) is 8.46. The summed E-state index contributed by atoms with van der Waals surface area (Å²) in [6, 6.07) is 16.5. The average Bonchev–Trinajstić information content (AvgIpc) is 3.45. The van der Waals surface area contributed by atoms with Gasteiger partial charge in [0.15, 0.2) is 11.5 Å². The number of anilines is 1. The lowest BCUT2D eigenvalue weighted by atomic mass is 10.0. The van der Waals surface area contributed by atoms with Gasteiger partial charge in [-0.1, -0.05) is 31.5 Å². The Morgan fingerprint density at radius 1 is 1.06 bits per heavy atom. The van der Waals surface area contributed by atoms with Crippen LogP contribution in [0.1, 0.15) is 38.9 Å². The fourth-order valence-corrected chi connectivity index (χ4v) is 4.98. The number of aryl methyl sites for hydroxylation is 1. The molecule has 33 heavy (non-hydrogen) atoms. The second kappa shape index (κ2) is 8.55. The van der Waals surface area contributed by atoms with Crippen molar-refractivity contribution >= 4 is 39.1 Å². The molecule has 5 rings (SSSR count). The number of pyridine rings is 1. The standard InChI is InChI=1S/C25H21N3O4S/c1-2-5-15-11-18(23(26)29)25(33-15)28-24(30)17-12-20(27-19-7-4-3-6-16(17)19)14-8-9-21-22(10-14)32-13-31-21/h3-4,6-12H,2,5,13H2,1H3,(H2,26,29)(H,28,30). The van der Waals surface area contributed by atoms with Gasteiger partial charge in [-0.2, -0.15) is 0 Å². The van der Waals surface area contributed by atoms with Gasteiger partial charge >= 0.3 is 0 Å². The molecule has 0 spiro atoms. The number of nitrogens with one attached hydrogen (secondary N) is 1. The maximum absolute atomic E-state index is 13.4. The molecular weight excluding hydrogens is 438 g/mol. The molecule has 0 bridgehead atoms. The van der Waals surface area contributed by atoms with Gasteiger partial charge in [0.05, 0.1) is 22.3 Å². The van der Waals surface area contributed by atoms with Crippen LogP contribution in [-0.2, 0) is 6.42 Å². The van der Waals surface area contributed by atoms with E-state index in [1.165, 1.54) is 11.3 Å². The van der Waals surface area contributed by atoms with E-state index in [1.54, 1.807) is 12.1 Å². The highest BCUT2D eigenvalue weighted by molar-refractivity contribution is 7.16. The topological polar surface area (TPSA) is 104 Å². The summed E-state index contributed by atoms with van der Waals surface area (Å²) >= 11 is 1.38. The number of fused-ring (bicyclic) bond motifs is 2. The van der Waals surface area contributed by atoms with Crippen molar-refractivity contribution in [1.82, 2.24) is 4.98 Å². The summed E-state index contributed by atoms with van der Waals surface area (Å²) in [7, 11) is 0. The second-order valence-electron chi connectivity index (χ2n) is 7.66. The van der Waals surface area contributed by atoms with E-state index in [-0.39, 0.29) is 12.7 Å². The van der Waals surface area contributed by atoms with Crippen LogP contribution in [0.25, 0.3) is 22.2 Å². The summed E-state index contributed by atoms with van der Waals surface area (Å²) < 4.78 is 10.9. The van der Waals surface area contributed by atoms with Crippen molar-refractivity contribution in [2.75, 3.05) is 12.1 Å². The smallest absolute Gasteiger partial charge is 0.257 e. The molecule has 8 heteroatoms. The van der Waals surface area contributed by atoms with Gasteiger partial charge in [0, 0.05) is 15.8 Å². The van der Waals surface area contributed by atoms with Crippen LogP contribution in [0, 0.1) is 0 Å². The van der Waals surface area contributed by atoms with Gasteiger partial charge in [0.2, 0.25) is 6.79 Å². The van der Waals surface area contributed by atoms with Crippen molar-refractivity contribution in [2.24, 2.45) is 5.73 Å². The third-order valence-electron chi connectivity index (χ3n) is 5.40. The van der Waals surface area contributed by atoms with Gasteiger partial charge in [-0.15, -0.1) is 11.3 Å². The van der Waals surface area contributed by atoms with Crippen molar-refractivity contribution < 1.29 is 19.1 Å². The Morgan fingerprint density at radius 2 is 1.88 bits per heavy atom. The van der Waals surface area contributed by atoms with Crippen LogP contribution in [0.5, 0.6) is 11.5 Å². The molecule has 0 fully saturated rings. The first kappa shape index (κ1) is 21.0. The maximum atomic E-state index is 13.4. The van der Waals surface area contributed by atoms with Crippen LogP contribution in [-0.4, -0.2) is 23.6 Å². The molecule has 166 valence electrons. The molecule has 3 heterocycles. The van der Waals surface area contributed by atoms with E-state index in [9.17, 15) is 9.59 Å². The molecule has 7 nitrogen and oxygen atoms in total. The number of ether oxygens (including phenoxy) is 2. The summed E-state index contributed by atoms with van der Waals surface area (Å²) in [5.74, 6) is 0.422. The third-order valence-corrected chi connectivity index (χ3v) is 6.51. The average molecular weight is 460 g/mol. The molecule has 0 atom stereocenters. The molecule has 0 aliphatic carbocycles. The molecule has 2 aromatic carbocycles. The van der Waals surface area contributed by atoms with Crippen molar-refractivity contribution in [3.8, 4) is 22.8 Å². The molecular formula is C25H21N3O4S. The second-order valence-corrected chi connectivity index (χ2v) is 8.80. The number of amides is 2. The number of carbonyl (C=O) groups is 2. The molecule has 0 saturated heterocycles. The highest BCUT2D eigenvalue weighted by atomic mass is 32.1. The first-order valence-electron chi connectivity index (χ1n) is 10.6. The zero-order chi connectivity index (χ0) is 22.9. The zero-order valence-electron chi connectivity index (χ0n) is 17.9. The highest BCUT2D eigenvalue weighted by Crippen LogP contribution is 2.36. The minimum absolute atomic E-state index is 0.181. The number of hydrogen-bond acceptors (Lipinski definition) is 6. The summed E-state index contributed by atoms with van der Waals surface area (Å²) in [5, 5.41) is 4.08. The van der Waals surface area contributed by atoms with Crippen LogP contribution in [0.15, 0.2) is 54.6 Å². The Bertz CT molecular complexity index is 1400. The Kier molecular flexibility index (Phi) is 5.43. The van der Waals surface area contributed by atoms with Crippen molar-refractivity contribution in [3.63, 3.8) is 0 Å². The van der Waals surface area contributed by atoms with E-state index >= 15 is 0 Å². The van der Waals surface area contributed by atoms with Gasteiger partial charge in [0.25, 0.3) is 11.8 Å². The predicted molar refractivity (Wildman–Crippen MR) is 128 cm³/mol. The van der Waals surface area contributed by atoms with E-state index < -0.39 is 5.91 Å². The quantitative estimate of drug-likeness (QED) is 0.423. The molecule has 3 N–H and O–H groups in total. The van der Waals surface area contributed by atoms with E-state index in [1.807, 2.05) is 42.5 Å². The monoisotopic (exact) mass is 459 g/mol. The lowest BCUT2D eigenvalue weighted by Crippen LogP contribution is -2.17. The minimum atomic E-state index is -0.565. The van der Waals surface area contributed by atoms with Crippen molar-refractivity contribution in [2.45, 2.75) is 19.8 Å². The number of carbonyl (C=O) groups excluding carboxylic acids is 2. The fraction of sp³-hybridized carbons (Fsp3) is 0.160. The van der Waals surface area contributed by atoms with Gasteiger partial charge < -0.3 is 20.5 Å². The number of nitrogens with two attached hydrogens (primary N) is 1. The number of hydrogen-bond donors (Lipinski definition) is 2. The highest BCUT2D eigenvalue weighted by Gasteiger charge is 2.20. The van der Waals surface area contributed by atoms with E-state index in [4.69, 9.17) is 20.2 Å². The van der Waals surface area contributed by atoms with Crippen LogP contribution < -0.4 is 20.5 Å². The molecule has 0 unspecified atom stereocenters. The number of aromatic nitrogens is 1. The number of nitrogens with zero attached hydrogens (tertiary/aromatic N) is 1. The molecule has 0 radical (unpaired) electrons. The third kappa shape index (κ3) is 4.01. The van der Waals surface area contributed by atoms with Gasteiger partial charge in [-0.3, -0.25) is 9.59 Å². The fourth-order valence-electron chi connectivity index (χ4n) is 3.83. The molecule has 1 aliphatic heterocycles. The normalized spacial score (nSPS) is 12.2. The largest absolute Gasteiger partial charge is 0.454 e. The Balaban J connectivity index is 1.56. The predicted octanol–water partition coefficient (Wildman–Crippen LogP) is 5.00. The minimum Gasteiger partial charge on any atom is -0.454 e. The Hall–Kier alpha value is -3.91. The van der Waals surface area contributed by atoms with Crippen molar-refractivity contribution in [1.29, 1.82) is 0 Å². The van der Waals surface area contributed by atoms with E-state index in [0.29, 0.717) is 44.2 Å².